The van der Waals surface area contributed by atoms with E-state index in [1.807, 2.05) is 36.7 Å². The van der Waals surface area contributed by atoms with Crippen LogP contribution in [0.5, 0.6) is 0 Å². The highest BCUT2D eigenvalue weighted by Crippen LogP contribution is 2.21. The van der Waals surface area contributed by atoms with E-state index in [-0.39, 0.29) is 5.91 Å². The number of rotatable bonds is 1. The molecule has 1 aromatic heterocycles. The van der Waals surface area contributed by atoms with Crippen molar-refractivity contribution in [2.45, 2.75) is 20.8 Å². The van der Waals surface area contributed by atoms with Crippen molar-refractivity contribution >= 4 is 27.5 Å². The monoisotopic (exact) mass is 310 g/mol. The summed E-state index contributed by atoms with van der Waals surface area (Å²) in [5.74, 6) is -0.195. The molecular formula is C18H18N2OS. The van der Waals surface area contributed by atoms with Crippen molar-refractivity contribution in [3.8, 4) is 0 Å². The third kappa shape index (κ3) is 2.62. The van der Waals surface area contributed by atoms with E-state index >= 15 is 0 Å². The van der Waals surface area contributed by atoms with Gasteiger partial charge in [-0.15, -0.1) is 0 Å². The predicted octanol–water partition coefficient (Wildman–Crippen LogP) is 3.91. The van der Waals surface area contributed by atoms with E-state index in [1.54, 1.807) is 17.4 Å². The van der Waals surface area contributed by atoms with Gasteiger partial charge in [-0.3, -0.25) is 4.79 Å². The van der Waals surface area contributed by atoms with Crippen molar-refractivity contribution in [2.75, 3.05) is 0 Å². The van der Waals surface area contributed by atoms with Crippen LogP contribution in [-0.4, -0.2) is 10.5 Å². The Bertz CT molecular complexity index is 947. The summed E-state index contributed by atoms with van der Waals surface area (Å²) >= 11 is 1.55. The molecule has 0 saturated carbocycles. The molecule has 0 unspecified atom stereocenters. The summed E-state index contributed by atoms with van der Waals surface area (Å²) in [6.45, 7) is 6.17. The molecule has 22 heavy (non-hydrogen) atoms. The van der Waals surface area contributed by atoms with Crippen LogP contribution in [0.1, 0.15) is 27.0 Å². The summed E-state index contributed by atoms with van der Waals surface area (Å²) in [5.41, 5.74) is 5.31. The standard InChI is InChI=1S/C18H18N2OS/c1-11-6-5-7-14(8-11)17(21)19-18-20(4)15-9-12(2)13(3)10-16(15)22-18/h5-10H,1-4H3. The number of fused-ring (bicyclic) bond motifs is 1. The summed E-state index contributed by atoms with van der Waals surface area (Å²) in [6.07, 6.45) is 0. The van der Waals surface area contributed by atoms with Gasteiger partial charge in [0.05, 0.1) is 10.2 Å². The molecule has 0 N–H and O–H groups in total. The fourth-order valence-electron chi connectivity index (χ4n) is 2.42. The largest absolute Gasteiger partial charge is 0.319 e. The molecule has 0 bridgehead atoms. The topological polar surface area (TPSA) is 34.4 Å². The van der Waals surface area contributed by atoms with Crippen LogP contribution in [0.15, 0.2) is 41.4 Å². The highest BCUT2D eigenvalue weighted by Gasteiger charge is 2.08. The number of thiazole rings is 1. The number of amides is 1. The summed E-state index contributed by atoms with van der Waals surface area (Å²) in [4.78, 5) is 17.4. The Hall–Kier alpha value is -2.20. The van der Waals surface area contributed by atoms with Crippen LogP contribution in [-0.2, 0) is 7.05 Å². The van der Waals surface area contributed by atoms with E-state index in [0.29, 0.717) is 5.56 Å². The third-order valence-corrected chi connectivity index (χ3v) is 4.98. The highest BCUT2D eigenvalue weighted by atomic mass is 32.1. The van der Waals surface area contributed by atoms with Crippen LogP contribution in [0.4, 0.5) is 0 Å². The number of carbonyl (C=O) groups is 1. The maximum atomic E-state index is 12.4. The van der Waals surface area contributed by atoms with E-state index in [1.165, 1.54) is 11.1 Å². The molecule has 4 heteroatoms. The molecule has 112 valence electrons. The van der Waals surface area contributed by atoms with Gasteiger partial charge in [0.15, 0.2) is 4.80 Å². The summed E-state index contributed by atoms with van der Waals surface area (Å²) in [7, 11) is 1.95. The maximum absolute atomic E-state index is 12.4. The number of nitrogens with zero attached hydrogens (tertiary/aromatic N) is 2. The van der Waals surface area contributed by atoms with Gasteiger partial charge >= 0.3 is 0 Å². The van der Waals surface area contributed by atoms with Crippen LogP contribution in [0.2, 0.25) is 0 Å². The molecule has 0 atom stereocenters. The first-order chi connectivity index (χ1) is 10.5. The van der Waals surface area contributed by atoms with Crippen molar-refractivity contribution in [3.05, 3.63) is 63.5 Å². The second kappa shape index (κ2) is 5.54. The van der Waals surface area contributed by atoms with Gasteiger partial charge in [-0.1, -0.05) is 29.0 Å². The minimum Gasteiger partial charge on any atom is -0.319 e. The summed E-state index contributed by atoms with van der Waals surface area (Å²) in [5, 5.41) is 0. The van der Waals surface area contributed by atoms with Crippen LogP contribution < -0.4 is 4.80 Å². The quantitative estimate of drug-likeness (QED) is 0.671. The molecule has 0 aliphatic carbocycles. The Balaban J connectivity index is 2.13. The van der Waals surface area contributed by atoms with Gasteiger partial charge in [-0.2, -0.15) is 4.99 Å². The Labute approximate surface area is 133 Å². The van der Waals surface area contributed by atoms with Gasteiger partial charge in [-0.25, -0.2) is 0 Å². The Kier molecular flexibility index (Phi) is 3.71. The molecule has 0 spiro atoms. The van der Waals surface area contributed by atoms with E-state index < -0.39 is 0 Å². The average molecular weight is 310 g/mol. The molecule has 0 saturated heterocycles. The van der Waals surface area contributed by atoms with Crippen LogP contribution in [0.3, 0.4) is 0 Å². The van der Waals surface area contributed by atoms with E-state index in [0.717, 1.165) is 20.6 Å². The minimum atomic E-state index is -0.195. The van der Waals surface area contributed by atoms with Crippen molar-refractivity contribution in [3.63, 3.8) is 0 Å². The second-order valence-electron chi connectivity index (χ2n) is 5.63. The van der Waals surface area contributed by atoms with E-state index in [9.17, 15) is 4.79 Å². The van der Waals surface area contributed by atoms with Gasteiger partial charge in [0.1, 0.15) is 0 Å². The molecule has 0 aliphatic heterocycles. The van der Waals surface area contributed by atoms with Crippen molar-refractivity contribution < 1.29 is 4.79 Å². The number of carbonyl (C=O) groups excluding carboxylic acids is 1. The molecule has 0 radical (unpaired) electrons. The van der Waals surface area contributed by atoms with Crippen LogP contribution in [0.25, 0.3) is 10.2 Å². The lowest BCUT2D eigenvalue weighted by Gasteiger charge is -2.01. The lowest BCUT2D eigenvalue weighted by atomic mass is 10.1. The molecule has 3 rings (SSSR count). The van der Waals surface area contributed by atoms with Gasteiger partial charge in [0.2, 0.25) is 0 Å². The first-order valence-electron chi connectivity index (χ1n) is 7.18. The smallest absolute Gasteiger partial charge is 0.279 e. The number of hydrogen-bond acceptors (Lipinski definition) is 2. The SMILES string of the molecule is Cc1cccc(C(=O)N=c2sc3cc(C)c(C)cc3n2C)c1. The highest BCUT2D eigenvalue weighted by molar-refractivity contribution is 7.16. The van der Waals surface area contributed by atoms with Crippen molar-refractivity contribution in [1.82, 2.24) is 4.57 Å². The number of aromatic nitrogens is 1. The number of hydrogen-bond donors (Lipinski definition) is 0. The van der Waals surface area contributed by atoms with Crippen molar-refractivity contribution in [2.24, 2.45) is 12.0 Å². The zero-order chi connectivity index (χ0) is 15.9. The second-order valence-corrected chi connectivity index (χ2v) is 6.64. The molecule has 3 nitrogen and oxygen atoms in total. The van der Waals surface area contributed by atoms with E-state index in [2.05, 4.69) is 31.0 Å². The van der Waals surface area contributed by atoms with Gasteiger partial charge in [0.25, 0.3) is 5.91 Å². The third-order valence-electron chi connectivity index (χ3n) is 3.89. The first kappa shape index (κ1) is 14.7. The first-order valence-corrected chi connectivity index (χ1v) is 8.00. The predicted molar refractivity (Wildman–Crippen MR) is 91.3 cm³/mol. The molecule has 0 fully saturated rings. The Morgan fingerprint density at radius 1 is 1.09 bits per heavy atom. The summed E-state index contributed by atoms with van der Waals surface area (Å²) < 4.78 is 3.14. The van der Waals surface area contributed by atoms with Crippen LogP contribution >= 0.6 is 11.3 Å². The summed E-state index contributed by atoms with van der Waals surface area (Å²) in [6, 6.07) is 11.8. The zero-order valence-electron chi connectivity index (χ0n) is 13.2. The lowest BCUT2D eigenvalue weighted by molar-refractivity contribution is 0.0998. The average Bonchev–Trinajstić information content (AvgIpc) is 2.76. The molecule has 0 aliphatic rings. The Morgan fingerprint density at radius 3 is 2.55 bits per heavy atom. The molecular weight excluding hydrogens is 292 g/mol. The van der Waals surface area contributed by atoms with Crippen LogP contribution in [0, 0.1) is 20.8 Å². The van der Waals surface area contributed by atoms with Crippen molar-refractivity contribution in [1.29, 1.82) is 0 Å². The van der Waals surface area contributed by atoms with Gasteiger partial charge in [-0.05, 0) is 56.2 Å². The molecule has 2 aromatic carbocycles. The number of benzene rings is 2. The minimum absolute atomic E-state index is 0.195. The molecule has 3 aromatic rings. The van der Waals surface area contributed by atoms with Gasteiger partial charge in [0, 0.05) is 12.6 Å². The fourth-order valence-corrected chi connectivity index (χ4v) is 3.51. The fraction of sp³-hybridized carbons (Fsp3) is 0.222. The normalized spacial score (nSPS) is 12.1. The van der Waals surface area contributed by atoms with E-state index in [4.69, 9.17) is 0 Å². The zero-order valence-corrected chi connectivity index (χ0v) is 14.0. The molecule has 1 amide bonds. The molecule has 1 heterocycles. The Morgan fingerprint density at radius 2 is 1.82 bits per heavy atom. The van der Waals surface area contributed by atoms with Gasteiger partial charge < -0.3 is 4.57 Å². The lowest BCUT2D eigenvalue weighted by Crippen LogP contribution is -2.13. The maximum Gasteiger partial charge on any atom is 0.279 e. The number of aryl methyl sites for hydroxylation is 4.